The average molecular weight is 461 g/mol. The molecule has 31 heavy (non-hydrogen) atoms. The summed E-state index contributed by atoms with van der Waals surface area (Å²) in [5, 5.41) is 2.82. The van der Waals surface area contributed by atoms with E-state index in [2.05, 4.69) is 10.1 Å². The smallest absolute Gasteiger partial charge is 0.407 e. The fraction of sp³-hybridized carbons (Fsp3) is 0.571. The van der Waals surface area contributed by atoms with E-state index in [-0.39, 0.29) is 42.6 Å². The summed E-state index contributed by atoms with van der Waals surface area (Å²) in [6.45, 7) is 5.07. The number of nitrogens with two attached hydrogens (primary N) is 1. The van der Waals surface area contributed by atoms with Gasteiger partial charge in [0, 0.05) is 18.9 Å². The first-order valence-corrected chi connectivity index (χ1v) is 10.2. The number of hydrogen-bond donors (Lipinski definition) is 2. The summed E-state index contributed by atoms with van der Waals surface area (Å²) in [7, 11) is 1.30. The van der Waals surface area contributed by atoms with Crippen LogP contribution < -0.4 is 15.8 Å². The fourth-order valence-corrected chi connectivity index (χ4v) is 2.87. The van der Waals surface area contributed by atoms with Gasteiger partial charge < -0.3 is 25.3 Å². The summed E-state index contributed by atoms with van der Waals surface area (Å²) in [6.07, 6.45) is 0.487. The highest BCUT2D eigenvalue weighted by molar-refractivity contribution is 6.32. The molecule has 1 atom stereocenters. The average Bonchev–Trinajstić information content (AvgIpc) is 2.65. The normalized spacial score (nSPS) is 12.1. The van der Waals surface area contributed by atoms with E-state index in [1.807, 2.05) is 0 Å². The topological polar surface area (TPSA) is 117 Å². The van der Waals surface area contributed by atoms with Gasteiger partial charge in [0.05, 0.1) is 18.2 Å². The van der Waals surface area contributed by atoms with Crippen LogP contribution in [0.1, 0.15) is 52.0 Å². The molecular weight excluding hydrogens is 431 g/mol. The molecule has 2 amide bonds. The third kappa shape index (κ3) is 10.9. The molecule has 174 valence electrons. The van der Waals surface area contributed by atoms with E-state index in [1.165, 1.54) is 13.2 Å². The number of amides is 2. The maximum Gasteiger partial charge on any atom is 0.407 e. The van der Waals surface area contributed by atoms with E-state index in [0.717, 1.165) is 6.07 Å². The Labute approximate surface area is 186 Å². The first-order chi connectivity index (χ1) is 14.4. The van der Waals surface area contributed by atoms with Crippen molar-refractivity contribution < 1.29 is 33.0 Å². The second-order valence-corrected chi connectivity index (χ2v) is 8.34. The number of rotatable bonds is 11. The van der Waals surface area contributed by atoms with Crippen molar-refractivity contribution in [1.82, 2.24) is 5.32 Å². The van der Waals surface area contributed by atoms with Gasteiger partial charge >= 0.3 is 12.1 Å². The summed E-state index contributed by atoms with van der Waals surface area (Å²) < 4.78 is 29.5. The molecule has 10 heteroatoms. The van der Waals surface area contributed by atoms with Crippen molar-refractivity contribution in [1.29, 1.82) is 0 Å². The molecule has 0 aliphatic carbocycles. The van der Waals surface area contributed by atoms with Gasteiger partial charge in [0.25, 0.3) is 0 Å². The first kappa shape index (κ1) is 26.5. The molecule has 0 radical (unpaired) electrons. The van der Waals surface area contributed by atoms with Crippen molar-refractivity contribution in [2.75, 3.05) is 13.7 Å². The minimum Gasteiger partial charge on any atom is -0.490 e. The van der Waals surface area contributed by atoms with Crippen LogP contribution >= 0.6 is 11.6 Å². The number of benzene rings is 1. The molecule has 0 bridgehead atoms. The maximum atomic E-state index is 14.1. The number of nitrogens with one attached hydrogen (secondary N) is 1. The number of carbonyl (C=O) groups excluding carboxylic acids is 3. The lowest BCUT2D eigenvalue weighted by Crippen LogP contribution is -2.42. The molecular formula is C21H30ClFN2O6. The molecule has 8 nitrogen and oxygen atoms in total. The Balaban J connectivity index is 2.84. The van der Waals surface area contributed by atoms with Gasteiger partial charge in [-0.3, -0.25) is 9.59 Å². The molecule has 0 heterocycles. The summed E-state index contributed by atoms with van der Waals surface area (Å²) >= 11 is 6.34. The van der Waals surface area contributed by atoms with E-state index in [4.69, 9.17) is 26.8 Å². The van der Waals surface area contributed by atoms with Crippen molar-refractivity contribution in [3.05, 3.63) is 28.5 Å². The number of halogens is 2. The zero-order valence-corrected chi connectivity index (χ0v) is 19.0. The Bertz CT molecular complexity index is 782. The number of aryl methyl sites for hydroxylation is 1. The fourth-order valence-electron chi connectivity index (χ4n) is 2.61. The summed E-state index contributed by atoms with van der Waals surface area (Å²) in [5.41, 5.74) is 4.97. The summed E-state index contributed by atoms with van der Waals surface area (Å²) in [6, 6.07) is 1.78. The van der Waals surface area contributed by atoms with E-state index in [0.29, 0.717) is 18.4 Å². The van der Waals surface area contributed by atoms with Crippen molar-refractivity contribution in [2.24, 2.45) is 5.73 Å². The van der Waals surface area contributed by atoms with Crippen molar-refractivity contribution in [2.45, 2.75) is 64.5 Å². The van der Waals surface area contributed by atoms with Crippen molar-refractivity contribution in [3.63, 3.8) is 0 Å². The lowest BCUT2D eigenvalue weighted by molar-refractivity contribution is -0.140. The second-order valence-electron chi connectivity index (χ2n) is 7.97. The Morgan fingerprint density at radius 2 is 1.90 bits per heavy atom. The highest BCUT2D eigenvalue weighted by atomic mass is 35.5. The van der Waals surface area contributed by atoms with E-state index >= 15 is 0 Å². The minimum absolute atomic E-state index is 0.0134. The Morgan fingerprint density at radius 3 is 2.48 bits per heavy atom. The second kappa shape index (κ2) is 12.3. The number of primary amides is 1. The summed E-state index contributed by atoms with van der Waals surface area (Å²) in [5.74, 6) is -1.37. The van der Waals surface area contributed by atoms with Gasteiger partial charge in [-0.2, -0.15) is 0 Å². The molecule has 0 saturated heterocycles. The monoisotopic (exact) mass is 460 g/mol. The molecule has 0 unspecified atom stereocenters. The van der Waals surface area contributed by atoms with Gasteiger partial charge in [-0.15, -0.1) is 0 Å². The van der Waals surface area contributed by atoms with Crippen LogP contribution in [0.3, 0.4) is 0 Å². The molecule has 0 aromatic heterocycles. The van der Waals surface area contributed by atoms with E-state index < -0.39 is 29.5 Å². The molecule has 1 rings (SSSR count). The SMILES string of the molecule is COC(=O)CCCc1cc(F)cc(OC[C@H](CCC(N)=O)NC(=O)OC(C)(C)C)c1Cl. The maximum absolute atomic E-state index is 14.1. The predicted molar refractivity (Wildman–Crippen MR) is 113 cm³/mol. The van der Waals surface area contributed by atoms with Crippen molar-refractivity contribution >= 4 is 29.6 Å². The van der Waals surface area contributed by atoms with Gasteiger partial charge in [0.2, 0.25) is 5.91 Å². The van der Waals surface area contributed by atoms with Crippen LogP contribution in [0.25, 0.3) is 0 Å². The van der Waals surface area contributed by atoms with Gasteiger partial charge in [-0.1, -0.05) is 11.6 Å². The number of hydrogen-bond acceptors (Lipinski definition) is 6. The van der Waals surface area contributed by atoms with Crippen LogP contribution in [0.15, 0.2) is 12.1 Å². The Hall–Kier alpha value is -2.55. The lowest BCUT2D eigenvalue weighted by Gasteiger charge is -2.24. The number of ether oxygens (including phenoxy) is 3. The molecule has 0 saturated carbocycles. The molecule has 3 N–H and O–H groups in total. The van der Waals surface area contributed by atoms with Gasteiger partial charge in [-0.05, 0) is 51.7 Å². The highest BCUT2D eigenvalue weighted by Crippen LogP contribution is 2.31. The minimum atomic E-state index is -0.704. The van der Waals surface area contributed by atoms with Crippen LogP contribution in [0.4, 0.5) is 9.18 Å². The Morgan fingerprint density at radius 1 is 1.23 bits per heavy atom. The lowest BCUT2D eigenvalue weighted by atomic mass is 10.1. The van der Waals surface area contributed by atoms with E-state index in [1.54, 1.807) is 20.8 Å². The molecule has 0 aliphatic rings. The number of esters is 1. The van der Waals surface area contributed by atoms with Gasteiger partial charge in [-0.25, -0.2) is 9.18 Å². The van der Waals surface area contributed by atoms with E-state index in [9.17, 15) is 18.8 Å². The van der Waals surface area contributed by atoms with Crippen LogP contribution in [0.5, 0.6) is 5.75 Å². The summed E-state index contributed by atoms with van der Waals surface area (Å²) in [4.78, 5) is 34.5. The van der Waals surface area contributed by atoms with Crippen LogP contribution in [-0.2, 0) is 25.5 Å². The van der Waals surface area contributed by atoms with Crippen LogP contribution in [0, 0.1) is 5.82 Å². The molecule has 1 aromatic carbocycles. The third-order valence-corrected chi connectivity index (χ3v) is 4.46. The number of methoxy groups -OCH3 is 1. The van der Waals surface area contributed by atoms with Crippen molar-refractivity contribution in [3.8, 4) is 5.75 Å². The van der Waals surface area contributed by atoms with Gasteiger partial charge in [0.15, 0.2) is 0 Å². The largest absolute Gasteiger partial charge is 0.490 e. The standard InChI is InChI=1S/C21H30ClFN2O6/c1-21(2,3)31-20(28)25-15(8-9-17(24)26)12-30-16-11-14(23)10-13(19(16)22)6-5-7-18(27)29-4/h10-11,15H,5-9,12H2,1-4H3,(H2,24,26)(H,25,28)/t15-/m0/s1. The Kier molecular flexibility index (Phi) is 10.5. The molecule has 0 aliphatic heterocycles. The number of carbonyl (C=O) groups is 3. The molecule has 0 spiro atoms. The predicted octanol–water partition coefficient (Wildman–Crippen LogP) is 3.51. The number of alkyl carbamates (subject to hydrolysis) is 1. The zero-order valence-electron chi connectivity index (χ0n) is 18.3. The third-order valence-electron chi connectivity index (χ3n) is 4.03. The quantitative estimate of drug-likeness (QED) is 0.488. The first-order valence-electron chi connectivity index (χ1n) is 9.86. The highest BCUT2D eigenvalue weighted by Gasteiger charge is 2.21. The zero-order chi connectivity index (χ0) is 23.6. The van der Waals surface area contributed by atoms with Crippen LogP contribution in [-0.4, -0.2) is 43.3 Å². The molecule has 0 fully saturated rings. The van der Waals surface area contributed by atoms with Gasteiger partial charge in [0.1, 0.15) is 23.8 Å². The molecule has 1 aromatic rings. The van der Waals surface area contributed by atoms with Crippen LogP contribution in [0.2, 0.25) is 5.02 Å².